The van der Waals surface area contributed by atoms with Gasteiger partial charge in [0.1, 0.15) is 10.0 Å². The molecule has 1 atom stereocenters. The van der Waals surface area contributed by atoms with E-state index in [2.05, 4.69) is 0 Å². The van der Waals surface area contributed by atoms with Crippen molar-refractivity contribution >= 4 is 50.3 Å². The van der Waals surface area contributed by atoms with Crippen molar-refractivity contribution < 1.29 is 13.2 Å². The van der Waals surface area contributed by atoms with Gasteiger partial charge in [-0.2, -0.15) is 9.40 Å². The van der Waals surface area contributed by atoms with Gasteiger partial charge in [-0.3, -0.25) is 9.69 Å². The zero-order valence-corrected chi connectivity index (χ0v) is 26.8. The number of carbonyl (C=O) groups excluding carboxylic acids is 1. The zero-order chi connectivity index (χ0) is 30.6. The molecule has 1 fully saturated rings. The highest BCUT2D eigenvalue weighted by atomic mass is 32.2. The SMILES string of the molecule is CCCN(CCC)S(=O)(=O)c1cccc(-c2nn(-c3ccccc3)cc2/C=C2\SC(=S)N(C(C)c3ccccc3)C2=O)c1. The topological polar surface area (TPSA) is 75.5 Å². The molecule has 2 heterocycles. The van der Waals surface area contributed by atoms with Gasteiger partial charge in [-0.15, -0.1) is 0 Å². The Hall–Kier alpha value is -3.57. The minimum atomic E-state index is -3.69. The van der Waals surface area contributed by atoms with Crippen LogP contribution in [0.3, 0.4) is 0 Å². The van der Waals surface area contributed by atoms with Gasteiger partial charge in [-0.1, -0.05) is 98.5 Å². The molecule has 43 heavy (non-hydrogen) atoms. The van der Waals surface area contributed by atoms with E-state index in [9.17, 15) is 13.2 Å². The predicted octanol–water partition coefficient (Wildman–Crippen LogP) is 7.31. The van der Waals surface area contributed by atoms with E-state index in [1.807, 2.05) is 93.7 Å². The third-order valence-electron chi connectivity index (χ3n) is 7.23. The number of thiocarbonyl (C=S) groups is 1. The molecule has 0 N–H and O–H groups in total. The minimum Gasteiger partial charge on any atom is -0.286 e. The van der Waals surface area contributed by atoms with Crippen LogP contribution in [0.1, 0.15) is 50.8 Å². The summed E-state index contributed by atoms with van der Waals surface area (Å²) in [4.78, 5) is 16.0. The van der Waals surface area contributed by atoms with Crippen LogP contribution in [0.5, 0.6) is 0 Å². The van der Waals surface area contributed by atoms with E-state index < -0.39 is 10.0 Å². The largest absolute Gasteiger partial charge is 0.286 e. The van der Waals surface area contributed by atoms with Gasteiger partial charge >= 0.3 is 0 Å². The number of thioether (sulfide) groups is 1. The Morgan fingerprint density at radius 3 is 2.26 bits per heavy atom. The molecule has 1 aliphatic heterocycles. The van der Waals surface area contributed by atoms with Crippen LogP contribution in [0, 0.1) is 0 Å². The van der Waals surface area contributed by atoms with Crippen molar-refractivity contribution in [2.75, 3.05) is 13.1 Å². The fourth-order valence-electron chi connectivity index (χ4n) is 5.07. The fraction of sp³-hybridized carbons (Fsp3) is 0.242. The first-order valence-corrected chi connectivity index (χ1v) is 17.0. The van der Waals surface area contributed by atoms with Crippen molar-refractivity contribution in [3.05, 3.63) is 107 Å². The van der Waals surface area contributed by atoms with Crippen LogP contribution in [0.15, 0.2) is 101 Å². The second-order valence-corrected chi connectivity index (χ2v) is 13.9. The molecule has 1 amide bonds. The van der Waals surface area contributed by atoms with Crippen molar-refractivity contribution in [2.45, 2.75) is 44.6 Å². The van der Waals surface area contributed by atoms with E-state index >= 15 is 0 Å². The maximum Gasteiger partial charge on any atom is 0.266 e. The molecule has 0 saturated carbocycles. The molecule has 5 rings (SSSR count). The first-order valence-electron chi connectivity index (χ1n) is 14.3. The first kappa shape index (κ1) is 30.9. The number of carbonyl (C=O) groups is 1. The number of aromatic nitrogens is 2. The highest BCUT2D eigenvalue weighted by molar-refractivity contribution is 8.26. The third-order valence-corrected chi connectivity index (χ3v) is 10.5. The summed E-state index contributed by atoms with van der Waals surface area (Å²) in [5.41, 5.74) is 3.73. The summed E-state index contributed by atoms with van der Waals surface area (Å²) in [6.07, 6.45) is 5.12. The smallest absolute Gasteiger partial charge is 0.266 e. The monoisotopic (exact) mass is 630 g/mol. The third kappa shape index (κ3) is 6.52. The summed E-state index contributed by atoms with van der Waals surface area (Å²) in [5.74, 6) is -0.170. The van der Waals surface area contributed by atoms with Gasteiger partial charge in [0.05, 0.1) is 21.5 Å². The van der Waals surface area contributed by atoms with E-state index in [0.29, 0.717) is 39.1 Å². The number of para-hydroxylation sites is 1. The van der Waals surface area contributed by atoms with Gasteiger partial charge in [-0.25, -0.2) is 13.1 Å². The molecule has 4 aromatic rings. The lowest BCUT2D eigenvalue weighted by atomic mass is 10.1. The Balaban J connectivity index is 1.57. The maximum absolute atomic E-state index is 13.7. The Bertz CT molecular complexity index is 1750. The number of benzene rings is 3. The molecule has 7 nitrogen and oxygen atoms in total. The van der Waals surface area contributed by atoms with Crippen LogP contribution in [0.4, 0.5) is 0 Å². The van der Waals surface area contributed by atoms with Crippen LogP contribution >= 0.6 is 24.0 Å². The summed E-state index contributed by atoms with van der Waals surface area (Å²) < 4.78 is 31.0. The van der Waals surface area contributed by atoms with Gasteiger partial charge < -0.3 is 0 Å². The molecule has 0 spiro atoms. The van der Waals surface area contributed by atoms with E-state index in [0.717, 1.165) is 24.1 Å². The zero-order valence-electron chi connectivity index (χ0n) is 24.4. The number of sulfonamides is 1. The number of hydrogen-bond donors (Lipinski definition) is 0. The van der Waals surface area contributed by atoms with Crippen LogP contribution in [-0.2, 0) is 14.8 Å². The Labute approximate surface area is 263 Å². The summed E-state index contributed by atoms with van der Waals surface area (Å²) in [6.45, 7) is 6.82. The van der Waals surface area contributed by atoms with Crippen molar-refractivity contribution in [3.8, 4) is 16.9 Å². The highest BCUT2D eigenvalue weighted by Crippen LogP contribution is 2.39. The molecule has 1 unspecified atom stereocenters. The standard InChI is InChI=1S/C33H34N4O3S3/c1-4-19-35(20-5-2)43(39,40)29-18-12-15-26(21-29)31-27(23-36(34-31)28-16-10-7-11-17-28)22-30-32(38)37(33(41)42-30)24(3)25-13-8-6-9-14-25/h6-18,21-24H,4-5,19-20H2,1-3H3/b30-22-. The molecule has 0 aliphatic carbocycles. The fourth-order valence-corrected chi connectivity index (χ4v) is 8.15. The van der Waals surface area contributed by atoms with Crippen LogP contribution in [0.25, 0.3) is 23.0 Å². The molecule has 0 bridgehead atoms. The molecule has 10 heteroatoms. The number of nitrogens with zero attached hydrogens (tertiary/aromatic N) is 4. The molecule has 0 radical (unpaired) electrons. The van der Waals surface area contributed by atoms with Gasteiger partial charge in [-0.05, 0) is 55.7 Å². The van der Waals surface area contributed by atoms with Crippen LogP contribution < -0.4 is 0 Å². The summed E-state index contributed by atoms with van der Waals surface area (Å²) in [7, 11) is -3.69. The second kappa shape index (κ2) is 13.4. The molecule has 1 aromatic heterocycles. The normalized spacial score (nSPS) is 15.5. The van der Waals surface area contributed by atoms with E-state index in [1.54, 1.807) is 33.9 Å². The number of rotatable bonds is 11. The van der Waals surface area contributed by atoms with Crippen molar-refractivity contribution in [1.29, 1.82) is 0 Å². The van der Waals surface area contributed by atoms with Gasteiger partial charge in [0, 0.05) is 30.4 Å². The number of amides is 1. The van der Waals surface area contributed by atoms with Crippen LogP contribution in [0.2, 0.25) is 0 Å². The lowest BCUT2D eigenvalue weighted by molar-refractivity contribution is -0.123. The molecular formula is C33H34N4O3S3. The van der Waals surface area contributed by atoms with Crippen molar-refractivity contribution in [1.82, 2.24) is 19.0 Å². The molecular weight excluding hydrogens is 597 g/mol. The predicted molar refractivity (Wildman–Crippen MR) is 178 cm³/mol. The molecule has 222 valence electrons. The minimum absolute atomic E-state index is 0.170. The average molecular weight is 631 g/mol. The van der Waals surface area contributed by atoms with E-state index in [4.69, 9.17) is 17.3 Å². The van der Waals surface area contributed by atoms with Gasteiger partial charge in [0.15, 0.2) is 0 Å². The summed E-state index contributed by atoms with van der Waals surface area (Å²) in [6, 6.07) is 26.1. The lowest BCUT2D eigenvalue weighted by Crippen LogP contribution is -2.32. The summed E-state index contributed by atoms with van der Waals surface area (Å²) >= 11 is 6.92. The lowest BCUT2D eigenvalue weighted by Gasteiger charge is -2.23. The van der Waals surface area contributed by atoms with E-state index in [1.165, 1.54) is 16.1 Å². The van der Waals surface area contributed by atoms with Crippen molar-refractivity contribution in [2.24, 2.45) is 0 Å². The van der Waals surface area contributed by atoms with Gasteiger partial charge in [0.2, 0.25) is 10.0 Å². The molecule has 1 aliphatic rings. The van der Waals surface area contributed by atoms with Gasteiger partial charge in [0.25, 0.3) is 5.91 Å². The quantitative estimate of drug-likeness (QED) is 0.128. The van der Waals surface area contributed by atoms with Crippen molar-refractivity contribution in [3.63, 3.8) is 0 Å². The highest BCUT2D eigenvalue weighted by Gasteiger charge is 2.36. The summed E-state index contributed by atoms with van der Waals surface area (Å²) in [5, 5.41) is 4.88. The number of hydrogen-bond acceptors (Lipinski definition) is 6. The van der Waals surface area contributed by atoms with Crippen LogP contribution in [-0.4, -0.2) is 50.7 Å². The Morgan fingerprint density at radius 2 is 1.60 bits per heavy atom. The second-order valence-electron chi connectivity index (χ2n) is 10.3. The Morgan fingerprint density at radius 1 is 0.953 bits per heavy atom. The molecule has 3 aromatic carbocycles. The first-order chi connectivity index (χ1) is 20.7. The maximum atomic E-state index is 13.7. The Kier molecular flexibility index (Phi) is 9.61. The molecule has 1 saturated heterocycles. The average Bonchev–Trinajstić information content (AvgIpc) is 3.57. The van der Waals surface area contributed by atoms with E-state index in [-0.39, 0.29) is 16.8 Å².